The minimum Gasteiger partial charge on any atom is -0.355 e. The molecule has 1 amide bonds. The summed E-state index contributed by atoms with van der Waals surface area (Å²) in [4.78, 5) is 20.4. The van der Waals surface area contributed by atoms with Crippen molar-refractivity contribution in [3.05, 3.63) is 39.7 Å². The summed E-state index contributed by atoms with van der Waals surface area (Å²) in [6.07, 6.45) is 0. The molecule has 0 fully saturated rings. The first-order valence-electron chi connectivity index (χ1n) is 3.72. The largest absolute Gasteiger partial charge is 0.355 e. The van der Waals surface area contributed by atoms with E-state index in [1.807, 2.05) is 0 Å². The summed E-state index contributed by atoms with van der Waals surface area (Å²) in [7, 11) is 1.39. The van der Waals surface area contributed by atoms with Crippen molar-refractivity contribution >= 4 is 11.6 Å². The van der Waals surface area contributed by atoms with Crippen LogP contribution in [0, 0.1) is 15.9 Å². The lowest BCUT2D eigenvalue weighted by atomic mass is 10.2. The molecule has 0 unspecified atom stereocenters. The van der Waals surface area contributed by atoms with Gasteiger partial charge in [-0.2, -0.15) is 4.39 Å². The van der Waals surface area contributed by atoms with Crippen LogP contribution in [0.15, 0.2) is 18.2 Å². The highest BCUT2D eigenvalue weighted by Gasteiger charge is 2.15. The maximum Gasteiger partial charge on any atom is 0.304 e. The summed E-state index contributed by atoms with van der Waals surface area (Å²) in [6.45, 7) is 0. The molecule has 0 bridgehead atoms. The number of carbonyl (C=O) groups excluding carboxylic acids is 1. The van der Waals surface area contributed by atoms with Gasteiger partial charge in [-0.25, -0.2) is 0 Å². The second-order valence-electron chi connectivity index (χ2n) is 2.50. The van der Waals surface area contributed by atoms with E-state index in [4.69, 9.17) is 0 Å². The van der Waals surface area contributed by atoms with Crippen molar-refractivity contribution in [3.63, 3.8) is 0 Å². The first-order chi connectivity index (χ1) is 6.56. The predicted molar refractivity (Wildman–Crippen MR) is 46.4 cm³/mol. The van der Waals surface area contributed by atoms with Crippen molar-refractivity contribution < 1.29 is 14.1 Å². The van der Waals surface area contributed by atoms with Crippen LogP contribution >= 0.6 is 0 Å². The minimum atomic E-state index is -1.02. The molecule has 14 heavy (non-hydrogen) atoms. The van der Waals surface area contributed by atoms with Gasteiger partial charge in [-0.1, -0.05) is 0 Å². The lowest BCUT2D eigenvalue weighted by Crippen LogP contribution is -2.17. The third kappa shape index (κ3) is 1.85. The first-order valence-corrected chi connectivity index (χ1v) is 3.72. The van der Waals surface area contributed by atoms with Crippen LogP contribution in [0.4, 0.5) is 10.1 Å². The molecule has 1 aromatic rings. The Morgan fingerprint density at radius 1 is 1.57 bits per heavy atom. The molecule has 0 heterocycles. The molecule has 0 aliphatic rings. The fraction of sp³-hybridized carbons (Fsp3) is 0.125. The van der Waals surface area contributed by atoms with Gasteiger partial charge in [-0.15, -0.1) is 0 Å². The fourth-order valence-electron chi connectivity index (χ4n) is 0.941. The topological polar surface area (TPSA) is 72.2 Å². The van der Waals surface area contributed by atoms with Crippen molar-refractivity contribution in [2.24, 2.45) is 0 Å². The number of nitro benzene ring substituents is 1. The highest BCUT2D eigenvalue weighted by Crippen LogP contribution is 2.17. The van der Waals surface area contributed by atoms with E-state index in [1.54, 1.807) is 0 Å². The summed E-state index contributed by atoms with van der Waals surface area (Å²) in [5.74, 6) is -1.50. The third-order valence-electron chi connectivity index (χ3n) is 1.63. The van der Waals surface area contributed by atoms with Gasteiger partial charge in [-0.3, -0.25) is 14.9 Å². The fourth-order valence-corrected chi connectivity index (χ4v) is 0.941. The molecule has 6 heteroatoms. The zero-order valence-corrected chi connectivity index (χ0v) is 7.28. The van der Waals surface area contributed by atoms with Crippen molar-refractivity contribution in [1.29, 1.82) is 0 Å². The molecule has 0 aromatic heterocycles. The second kappa shape index (κ2) is 3.82. The summed E-state index contributed by atoms with van der Waals surface area (Å²) in [5.41, 5.74) is -0.590. The van der Waals surface area contributed by atoms with Crippen molar-refractivity contribution in [2.75, 3.05) is 7.05 Å². The van der Waals surface area contributed by atoms with Gasteiger partial charge < -0.3 is 5.32 Å². The van der Waals surface area contributed by atoms with Gasteiger partial charge in [0.15, 0.2) is 0 Å². The minimum absolute atomic E-state index is 0.0515. The Hall–Kier alpha value is -1.98. The van der Waals surface area contributed by atoms with Crippen LogP contribution in [0.2, 0.25) is 0 Å². The molecule has 74 valence electrons. The standard InChI is InChI=1S/C8H7FN2O3/c1-10-8(12)5-2-3-7(11(13)14)6(9)4-5/h2-4H,1H3,(H,10,12). The molecular weight excluding hydrogens is 191 g/mol. The average molecular weight is 198 g/mol. The van der Waals surface area contributed by atoms with Crippen LogP contribution in [0.3, 0.4) is 0 Å². The molecule has 1 rings (SSSR count). The van der Waals surface area contributed by atoms with Crippen molar-refractivity contribution in [3.8, 4) is 0 Å². The van der Waals surface area contributed by atoms with Gasteiger partial charge >= 0.3 is 5.69 Å². The van der Waals surface area contributed by atoms with Crippen molar-refractivity contribution in [1.82, 2.24) is 5.32 Å². The zero-order chi connectivity index (χ0) is 10.7. The maximum absolute atomic E-state index is 13.0. The van der Waals surface area contributed by atoms with E-state index >= 15 is 0 Å². The quantitative estimate of drug-likeness (QED) is 0.571. The monoisotopic (exact) mass is 198 g/mol. The van der Waals surface area contributed by atoms with Crippen LogP contribution in [-0.4, -0.2) is 17.9 Å². The van der Waals surface area contributed by atoms with E-state index in [9.17, 15) is 19.3 Å². The highest BCUT2D eigenvalue weighted by atomic mass is 19.1. The zero-order valence-electron chi connectivity index (χ0n) is 7.28. The number of rotatable bonds is 2. The summed E-state index contributed by atoms with van der Waals surface area (Å²) >= 11 is 0. The lowest BCUT2D eigenvalue weighted by Gasteiger charge is -1.99. The second-order valence-corrected chi connectivity index (χ2v) is 2.50. The van der Waals surface area contributed by atoms with Gasteiger partial charge in [0.25, 0.3) is 5.91 Å². The Morgan fingerprint density at radius 2 is 2.21 bits per heavy atom. The third-order valence-corrected chi connectivity index (χ3v) is 1.63. The molecule has 0 radical (unpaired) electrons. The summed E-state index contributed by atoms with van der Waals surface area (Å²) < 4.78 is 13.0. The van der Waals surface area contributed by atoms with Crippen LogP contribution < -0.4 is 5.32 Å². The molecule has 1 N–H and O–H groups in total. The lowest BCUT2D eigenvalue weighted by molar-refractivity contribution is -0.387. The smallest absolute Gasteiger partial charge is 0.304 e. The number of benzene rings is 1. The van der Waals surface area contributed by atoms with E-state index < -0.39 is 22.3 Å². The Balaban J connectivity index is 3.12. The van der Waals surface area contributed by atoms with E-state index in [1.165, 1.54) is 13.1 Å². The maximum atomic E-state index is 13.0. The SMILES string of the molecule is CNC(=O)c1ccc([N+](=O)[O-])c(F)c1. The number of hydrogen-bond donors (Lipinski definition) is 1. The predicted octanol–water partition coefficient (Wildman–Crippen LogP) is 1.09. The van der Waals surface area contributed by atoms with Gasteiger partial charge in [0.1, 0.15) is 0 Å². The molecule has 0 saturated carbocycles. The van der Waals surface area contributed by atoms with Crippen LogP contribution in [-0.2, 0) is 0 Å². The van der Waals surface area contributed by atoms with Crippen molar-refractivity contribution in [2.45, 2.75) is 0 Å². The normalized spacial score (nSPS) is 9.57. The Bertz CT molecular complexity index is 392. The number of hydrogen-bond acceptors (Lipinski definition) is 3. The summed E-state index contributed by atoms with van der Waals surface area (Å²) in [6, 6.07) is 2.98. The van der Waals surface area contributed by atoms with Crippen LogP contribution in [0.1, 0.15) is 10.4 Å². The van der Waals surface area contributed by atoms with Gasteiger partial charge in [0.05, 0.1) is 4.92 Å². The number of nitrogens with one attached hydrogen (secondary N) is 1. The number of carbonyl (C=O) groups is 1. The van der Waals surface area contributed by atoms with E-state index in [-0.39, 0.29) is 5.56 Å². The summed E-state index contributed by atoms with van der Waals surface area (Å²) in [5, 5.41) is 12.5. The number of nitro groups is 1. The number of amides is 1. The Morgan fingerprint density at radius 3 is 2.64 bits per heavy atom. The average Bonchev–Trinajstić information content (AvgIpc) is 2.15. The van der Waals surface area contributed by atoms with E-state index in [2.05, 4.69) is 5.32 Å². The molecule has 0 aliphatic carbocycles. The molecule has 0 aliphatic heterocycles. The van der Waals surface area contributed by atoms with Crippen LogP contribution in [0.5, 0.6) is 0 Å². The Kier molecular flexibility index (Phi) is 2.76. The first kappa shape index (κ1) is 10.1. The highest BCUT2D eigenvalue weighted by molar-refractivity contribution is 5.94. The molecule has 1 aromatic carbocycles. The Labute approximate surface area is 78.7 Å². The van der Waals surface area contributed by atoms with Gasteiger partial charge in [0, 0.05) is 18.7 Å². The van der Waals surface area contributed by atoms with Crippen LogP contribution in [0.25, 0.3) is 0 Å². The van der Waals surface area contributed by atoms with Gasteiger partial charge in [-0.05, 0) is 12.1 Å². The molecule has 0 atom stereocenters. The molecular formula is C8H7FN2O3. The molecule has 5 nitrogen and oxygen atoms in total. The molecule has 0 spiro atoms. The van der Waals surface area contributed by atoms with Gasteiger partial charge in [0.2, 0.25) is 5.82 Å². The number of halogens is 1. The molecule has 0 saturated heterocycles. The number of nitrogens with zero attached hydrogens (tertiary/aromatic N) is 1. The van der Waals surface area contributed by atoms with E-state index in [0.29, 0.717) is 0 Å². The van der Waals surface area contributed by atoms with E-state index in [0.717, 1.165) is 12.1 Å².